The lowest BCUT2D eigenvalue weighted by atomic mass is 9.89. The van der Waals surface area contributed by atoms with Crippen LogP contribution in [0, 0.1) is 5.41 Å². The zero-order valence-electron chi connectivity index (χ0n) is 10.2. The third kappa shape index (κ3) is 3.71. The highest BCUT2D eigenvalue weighted by Crippen LogP contribution is 2.36. The van der Waals surface area contributed by atoms with Crippen LogP contribution in [0.15, 0.2) is 0 Å². The molecule has 0 aromatic heterocycles. The SMILES string of the molecule is CCNCC1(C[Si](C)(C)C)CCOC1. The summed E-state index contributed by atoms with van der Waals surface area (Å²) in [5.41, 5.74) is 0.459. The monoisotopic (exact) mass is 215 g/mol. The van der Waals surface area contributed by atoms with Crippen LogP contribution in [0.25, 0.3) is 0 Å². The molecule has 0 bridgehead atoms. The molecule has 1 saturated heterocycles. The minimum Gasteiger partial charge on any atom is -0.381 e. The summed E-state index contributed by atoms with van der Waals surface area (Å²) in [6, 6.07) is 1.40. The van der Waals surface area contributed by atoms with E-state index in [-0.39, 0.29) is 0 Å². The second-order valence-electron chi connectivity index (χ2n) is 5.82. The molecule has 1 rings (SSSR count). The Balaban J connectivity index is 2.53. The van der Waals surface area contributed by atoms with Gasteiger partial charge in [0.25, 0.3) is 0 Å². The summed E-state index contributed by atoms with van der Waals surface area (Å²) in [6.45, 7) is 13.7. The summed E-state index contributed by atoms with van der Waals surface area (Å²) in [6.07, 6.45) is 1.25. The predicted octanol–water partition coefficient (Wildman–Crippen LogP) is 2.34. The van der Waals surface area contributed by atoms with E-state index in [1.165, 1.54) is 12.5 Å². The molecule has 0 amide bonds. The number of hydrogen-bond acceptors (Lipinski definition) is 2. The first-order chi connectivity index (χ1) is 6.47. The van der Waals surface area contributed by atoms with E-state index >= 15 is 0 Å². The van der Waals surface area contributed by atoms with Crippen molar-refractivity contribution < 1.29 is 4.74 Å². The van der Waals surface area contributed by atoms with Crippen molar-refractivity contribution in [3.8, 4) is 0 Å². The Morgan fingerprint density at radius 1 is 1.36 bits per heavy atom. The first kappa shape index (κ1) is 12.2. The highest BCUT2D eigenvalue weighted by Gasteiger charge is 2.38. The Morgan fingerprint density at radius 2 is 2.07 bits per heavy atom. The zero-order chi connectivity index (χ0) is 10.7. The predicted molar refractivity (Wildman–Crippen MR) is 64.6 cm³/mol. The summed E-state index contributed by atoms with van der Waals surface area (Å²) >= 11 is 0. The van der Waals surface area contributed by atoms with Gasteiger partial charge < -0.3 is 10.1 Å². The first-order valence-corrected chi connectivity index (χ1v) is 9.47. The van der Waals surface area contributed by atoms with Crippen LogP contribution in [0.1, 0.15) is 13.3 Å². The quantitative estimate of drug-likeness (QED) is 0.711. The van der Waals surface area contributed by atoms with Crippen LogP contribution in [-0.2, 0) is 4.74 Å². The van der Waals surface area contributed by atoms with E-state index in [1.54, 1.807) is 0 Å². The van der Waals surface area contributed by atoms with E-state index in [0.717, 1.165) is 26.3 Å². The maximum absolute atomic E-state index is 5.59. The lowest BCUT2D eigenvalue weighted by molar-refractivity contribution is 0.158. The summed E-state index contributed by atoms with van der Waals surface area (Å²) in [5.74, 6) is 0. The van der Waals surface area contributed by atoms with E-state index in [1.807, 2.05) is 0 Å². The summed E-state index contributed by atoms with van der Waals surface area (Å²) in [5, 5.41) is 3.50. The van der Waals surface area contributed by atoms with Crippen LogP contribution in [0.3, 0.4) is 0 Å². The zero-order valence-corrected chi connectivity index (χ0v) is 11.2. The lowest BCUT2D eigenvalue weighted by Crippen LogP contribution is -2.40. The van der Waals surface area contributed by atoms with Crippen LogP contribution < -0.4 is 5.32 Å². The van der Waals surface area contributed by atoms with Crippen molar-refractivity contribution >= 4 is 8.07 Å². The molecular formula is C11H25NOSi. The van der Waals surface area contributed by atoms with Gasteiger partial charge in [0, 0.05) is 26.6 Å². The van der Waals surface area contributed by atoms with Gasteiger partial charge in [0.2, 0.25) is 0 Å². The summed E-state index contributed by atoms with van der Waals surface area (Å²) in [7, 11) is -0.965. The molecule has 0 spiro atoms. The third-order valence-electron chi connectivity index (χ3n) is 2.84. The molecule has 0 aliphatic carbocycles. The number of rotatable bonds is 5. The van der Waals surface area contributed by atoms with Crippen molar-refractivity contribution in [2.24, 2.45) is 5.41 Å². The van der Waals surface area contributed by atoms with E-state index in [4.69, 9.17) is 4.74 Å². The Morgan fingerprint density at radius 3 is 2.50 bits per heavy atom. The lowest BCUT2D eigenvalue weighted by Gasteiger charge is -2.33. The molecule has 84 valence electrons. The molecule has 0 aromatic rings. The molecule has 1 aliphatic rings. The highest BCUT2D eigenvalue weighted by molar-refractivity contribution is 6.76. The van der Waals surface area contributed by atoms with Gasteiger partial charge in [-0.25, -0.2) is 0 Å². The first-order valence-electron chi connectivity index (χ1n) is 5.76. The minimum atomic E-state index is -0.965. The summed E-state index contributed by atoms with van der Waals surface area (Å²) in [4.78, 5) is 0. The van der Waals surface area contributed by atoms with Gasteiger partial charge in [-0.2, -0.15) is 0 Å². The Kier molecular flexibility index (Phi) is 4.16. The maximum Gasteiger partial charge on any atom is 0.0532 e. The fourth-order valence-corrected chi connectivity index (χ4v) is 5.16. The van der Waals surface area contributed by atoms with Crippen LogP contribution in [0.5, 0.6) is 0 Å². The van der Waals surface area contributed by atoms with E-state index in [2.05, 4.69) is 31.9 Å². The average Bonchev–Trinajstić information content (AvgIpc) is 2.47. The van der Waals surface area contributed by atoms with Gasteiger partial charge in [-0.15, -0.1) is 0 Å². The molecule has 1 fully saturated rings. The third-order valence-corrected chi connectivity index (χ3v) is 4.65. The van der Waals surface area contributed by atoms with Gasteiger partial charge in [0.1, 0.15) is 0 Å². The van der Waals surface area contributed by atoms with Crippen molar-refractivity contribution in [3.05, 3.63) is 0 Å². The standard InChI is InChI=1S/C11H25NOSi/c1-5-12-8-11(6-7-13-9-11)10-14(2,3)4/h12H,5-10H2,1-4H3. The fourth-order valence-electron chi connectivity index (χ4n) is 2.51. The molecular weight excluding hydrogens is 190 g/mol. The van der Waals surface area contributed by atoms with Crippen LogP contribution in [0.4, 0.5) is 0 Å². The van der Waals surface area contributed by atoms with Gasteiger partial charge in [0.05, 0.1) is 6.61 Å². The number of hydrogen-bond donors (Lipinski definition) is 1. The van der Waals surface area contributed by atoms with Crippen molar-refractivity contribution in [1.29, 1.82) is 0 Å². The number of nitrogens with one attached hydrogen (secondary N) is 1. The minimum absolute atomic E-state index is 0.459. The Hall–Kier alpha value is 0.137. The van der Waals surface area contributed by atoms with Crippen LogP contribution in [-0.4, -0.2) is 34.4 Å². The smallest absolute Gasteiger partial charge is 0.0532 e. The molecule has 0 aromatic carbocycles. The Labute approximate surface area is 89.4 Å². The van der Waals surface area contributed by atoms with Crippen LogP contribution in [0.2, 0.25) is 25.7 Å². The topological polar surface area (TPSA) is 21.3 Å². The van der Waals surface area contributed by atoms with E-state index in [9.17, 15) is 0 Å². The largest absolute Gasteiger partial charge is 0.381 e. The maximum atomic E-state index is 5.59. The molecule has 1 atom stereocenters. The van der Waals surface area contributed by atoms with E-state index in [0.29, 0.717) is 5.41 Å². The van der Waals surface area contributed by atoms with Gasteiger partial charge in [-0.05, 0) is 19.0 Å². The molecule has 1 N–H and O–H groups in total. The summed E-state index contributed by atoms with van der Waals surface area (Å²) < 4.78 is 5.59. The fraction of sp³-hybridized carbons (Fsp3) is 1.00. The van der Waals surface area contributed by atoms with Gasteiger partial charge in [-0.1, -0.05) is 26.6 Å². The van der Waals surface area contributed by atoms with Gasteiger partial charge in [-0.3, -0.25) is 0 Å². The molecule has 0 radical (unpaired) electrons. The highest BCUT2D eigenvalue weighted by atomic mass is 28.3. The molecule has 3 heteroatoms. The molecule has 1 unspecified atom stereocenters. The second kappa shape index (κ2) is 4.77. The molecule has 1 aliphatic heterocycles. The van der Waals surface area contributed by atoms with Crippen molar-refractivity contribution in [1.82, 2.24) is 5.32 Å². The van der Waals surface area contributed by atoms with Crippen molar-refractivity contribution in [3.63, 3.8) is 0 Å². The molecule has 1 heterocycles. The number of ether oxygens (including phenoxy) is 1. The van der Waals surface area contributed by atoms with E-state index < -0.39 is 8.07 Å². The van der Waals surface area contributed by atoms with Crippen LogP contribution >= 0.6 is 0 Å². The second-order valence-corrected chi connectivity index (χ2v) is 11.3. The van der Waals surface area contributed by atoms with Gasteiger partial charge >= 0.3 is 0 Å². The molecule has 14 heavy (non-hydrogen) atoms. The van der Waals surface area contributed by atoms with Crippen molar-refractivity contribution in [2.75, 3.05) is 26.3 Å². The normalized spacial score (nSPS) is 28.3. The van der Waals surface area contributed by atoms with Gasteiger partial charge in [0.15, 0.2) is 0 Å². The van der Waals surface area contributed by atoms with Crippen molar-refractivity contribution in [2.45, 2.75) is 39.0 Å². The molecule has 0 saturated carbocycles. The Bertz CT molecular complexity index is 171. The molecule has 2 nitrogen and oxygen atoms in total. The average molecular weight is 215 g/mol.